The number of para-hydroxylation sites is 1. The highest BCUT2D eigenvalue weighted by Gasteiger charge is 2.24. The van der Waals surface area contributed by atoms with Crippen LogP contribution in [0.2, 0.25) is 0 Å². The predicted molar refractivity (Wildman–Crippen MR) is 81.1 cm³/mol. The van der Waals surface area contributed by atoms with Crippen molar-refractivity contribution in [3.63, 3.8) is 0 Å². The predicted octanol–water partition coefficient (Wildman–Crippen LogP) is 3.49. The van der Waals surface area contributed by atoms with Crippen LogP contribution in [0.3, 0.4) is 0 Å². The zero-order valence-corrected chi connectivity index (χ0v) is 11.5. The average molecular weight is 277 g/mol. The van der Waals surface area contributed by atoms with Gasteiger partial charge in [-0.25, -0.2) is 0 Å². The Morgan fingerprint density at radius 3 is 2.76 bits per heavy atom. The summed E-state index contributed by atoms with van der Waals surface area (Å²) >= 11 is 0. The summed E-state index contributed by atoms with van der Waals surface area (Å²) in [6, 6.07) is 18.3. The Bertz CT molecular complexity index is 751. The van der Waals surface area contributed by atoms with Gasteiger partial charge in [0, 0.05) is 30.1 Å². The van der Waals surface area contributed by atoms with Crippen LogP contribution in [0.15, 0.2) is 59.1 Å². The Balaban J connectivity index is 1.56. The number of anilines is 1. The average Bonchev–Trinajstić information content (AvgIpc) is 3.17. The summed E-state index contributed by atoms with van der Waals surface area (Å²) in [7, 11) is 0. The first kappa shape index (κ1) is 12.1. The molecule has 0 aliphatic carbocycles. The number of fused-ring (bicyclic) bond motifs is 1. The van der Waals surface area contributed by atoms with Gasteiger partial charge in [-0.1, -0.05) is 53.7 Å². The van der Waals surface area contributed by atoms with Gasteiger partial charge in [-0.05, 0) is 11.6 Å². The van der Waals surface area contributed by atoms with Crippen LogP contribution in [-0.4, -0.2) is 16.7 Å². The van der Waals surface area contributed by atoms with E-state index in [-0.39, 0.29) is 0 Å². The van der Waals surface area contributed by atoms with E-state index in [9.17, 15) is 0 Å². The molecule has 0 fully saturated rings. The lowest BCUT2D eigenvalue weighted by Crippen LogP contribution is -2.05. The molecular formula is C17H15N3O. The smallest absolute Gasteiger partial charge is 0.227 e. The fourth-order valence-corrected chi connectivity index (χ4v) is 2.79. The van der Waals surface area contributed by atoms with Crippen molar-refractivity contribution in [3.8, 4) is 11.4 Å². The Hall–Kier alpha value is -2.62. The van der Waals surface area contributed by atoms with E-state index >= 15 is 0 Å². The van der Waals surface area contributed by atoms with Crippen LogP contribution in [0.4, 0.5) is 5.69 Å². The lowest BCUT2D eigenvalue weighted by molar-refractivity contribution is 0.372. The number of rotatable bonds is 3. The van der Waals surface area contributed by atoms with Crippen LogP contribution in [0, 0.1) is 0 Å². The molecule has 0 amide bonds. The molecule has 104 valence electrons. The Kier molecular flexibility index (Phi) is 2.92. The van der Waals surface area contributed by atoms with Crippen LogP contribution in [-0.2, 0) is 6.42 Å². The molecular weight excluding hydrogens is 262 g/mol. The Morgan fingerprint density at radius 2 is 1.86 bits per heavy atom. The molecule has 1 atom stereocenters. The van der Waals surface area contributed by atoms with Gasteiger partial charge in [0.05, 0.1) is 0 Å². The number of nitrogens with one attached hydrogen (secondary N) is 1. The molecule has 0 spiro atoms. The second-order valence-corrected chi connectivity index (χ2v) is 5.25. The number of nitrogens with zero attached hydrogens (tertiary/aromatic N) is 2. The summed E-state index contributed by atoms with van der Waals surface area (Å²) in [5.74, 6) is 1.74. The van der Waals surface area contributed by atoms with Gasteiger partial charge in [0.2, 0.25) is 11.7 Å². The fourth-order valence-electron chi connectivity index (χ4n) is 2.79. The molecule has 0 radical (unpaired) electrons. The van der Waals surface area contributed by atoms with Crippen molar-refractivity contribution < 1.29 is 4.52 Å². The first-order valence-corrected chi connectivity index (χ1v) is 7.11. The summed E-state index contributed by atoms with van der Waals surface area (Å²) in [4.78, 5) is 4.51. The first-order valence-electron chi connectivity index (χ1n) is 7.11. The molecule has 0 bridgehead atoms. The second kappa shape index (κ2) is 5.05. The van der Waals surface area contributed by atoms with E-state index in [0.29, 0.717) is 17.6 Å². The van der Waals surface area contributed by atoms with Crippen molar-refractivity contribution in [1.82, 2.24) is 10.1 Å². The quantitative estimate of drug-likeness (QED) is 0.796. The summed E-state index contributed by atoms with van der Waals surface area (Å²) in [5, 5.41) is 7.50. The van der Waals surface area contributed by atoms with Crippen LogP contribution < -0.4 is 5.32 Å². The lowest BCUT2D eigenvalue weighted by atomic mass is 9.98. The van der Waals surface area contributed by atoms with E-state index in [1.807, 2.05) is 30.3 Å². The molecule has 4 heteroatoms. The second-order valence-electron chi connectivity index (χ2n) is 5.25. The number of benzene rings is 2. The highest BCUT2D eigenvalue weighted by atomic mass is 16.5. The standard InChI is InChI=1S/C17H15N3O/c1-2-6-12(7-3-1)17-19-16(21-20-17)10-13-11-18-15-9-5-4-8-14(13)15/h1-9,13,18H,10-11H2. The third-order valence-electron chi connectivity index (χ3n) is 3.86. The minimum atomic E-state index is 0.394. The molecule has 21 heavy (non-hydrogen) atoms. The number of hydrogen-bond acceptors (Lipinski definition) is 4. The topological polar surface area (TPSA) is 51.0 Å². The van der Waals surface area contributed by atoms with Crippen molar-refractivity contribution in [2.24, 2.45) is 0 Å². The van der Waals surface area contributed by atoms with Gasteiger partial charge in [0.25, 0.3) is 0 Å². The molecule has 4 rings (SSSR count). The normalized spacial score (nSPS) is 16.5. The monoisotopic (exact) mass is 277 g/mol. The molecule has 0 saturated heterocycles. The summed E-state index contributed by atoms with van der Waals surface area (Å²) in [5.41, 5.74) is 3.53. The van der Waals surface area contributed by atoms with Gasteiger partial charge in [0.15, 0.2) is 0 Å². The largest absolute Gasteiger partial charge is 0.384 e. The van der Waals surface area contributed by atoms with Gasteiger partial charge in [-0.3, -0.25) is 0 Å². The summed E-state index contributed by atoms with van der Waals surface area (Å²) < 4.78 is 5.41. The fraction of sp³-hybridized carbons (Fsp3) is 0.176. The molecule has 0 saturated carbocycles. The van der Waals surface area contributed by atoms with Gasteiger partial charge in [-0.15, -0.1) is 0 Å². The SMILES string of the molecule is c1ccc(-c2noc(CC3CNc4ccccc43)n2)cc1. The third-order valence-corrected chi connectivity index (χ3v) is 3.86. The van der Waals surface area contributed by atoms with Crippen molar-refractivity contribution in [2.75, 3.05) is 11.9 Å². The maximum absolute atomic E-state index is 5.41. The molecule has 1 aliphatic heterocycles. The minimum Gasteiger partial charge on any atom is -0.384 e. The molecule has 1 unspecified atom stereocenters. The van der Waals surface area contributed by atoms with Crippen LogP contribution in [0.5, 0.6) is 0 Å². The van der Waals surface area contributed by atoms with Gasteiger partial charge in [0.1, 0.15) is 0 Å². The maximum atomic E-state index is 5.41. The van der Waals surface area contributed by atoms with Crippen LogP contribution in [0.1, 0.15) is 17.4 Å². The van der Waals surface area contributed by atoms with Crippen molar-refractivity contribution >= 4 is 5.69 Å². The highest BCUT2D eigenvalue weighted by molar-refractivity contribution is 5.58. The number of hydrogen-bond donors (Lipinski definition) is 1. The maximum Gasteiger partial charge on any atom is 0.227 e. The van der Waals surface area contributed by atoms with Gasteiger partial charge in [-0.2, -0.15) is 4.98 Å². The first-order chi connectivity index (χ1) is 10.4. The lowest BCUT2D eigenvalue weighted by Gasteiger charge is -2.05. The molecule has 2 heterocycles. The van der Waals surface area contributed by atoms with E-state index in [1.165, 1.54) is 11.3 Å². The van der Waals surface area contributed by atoms with Crippen molar-refractivity contribution in [1.29, 1.82) is 0 Å². The number of aromatic nitrogens is 2. The van der Waals surface area contributed by atoms with Crippen molar-refractivity contribution in [3.05, 3.63) is 66.1 Å². The van der Waals surface area contributed by atoms with E-state index in [0.717, 1.165) is 18.5 Å². The van der Waals surface area contributed by atoms with Gasteiger partial charge >= 0.3 is 0 Å². The molecule has 2 aromatic carbocycles. The van der Waals surface area contributed by atoms with Crippen LogP contribution >= 0.6 is 0 Å². The molecule has 4 nitrogen and oxygen atoms in total. The Labute approximate surface area is 122 Å². The zero-order valence-electron chi connectivity index (χ0n) is 11.5. The molecule has 1 aliphatic rings. The van der Waals surface area contributed by atoms with E-state index < -0.39 is 0 Å². The van der Waals surface area contributed by atoms with Crippen LogP contribution in [0.25, 0.3) is 11.4 Å². The molecule has 1 N–H and O–H groups in total. The zero-order chi connectivity index (χ0) is 14.1. The van der Waals surface area contributed by atoms with Crippen molar-refractivity contribution in [2.45, 2.75) is 12.3 Å². The van der Waals surface area contributed by atoms with E-state index in [2.05, 4.69) is 39.7 Å². The van der Waals surface area contributed by atoms with Gasteiger partial charge < -0.3 is 9.84 Å². The summed E-state index contributed by atoms with van der Waals surface area (Å²) in [6.45, 7) is 0.919. The van der Waals surface area contributed by atoms with E-state index in [1.54, 1.807) is 0 Å². The van der Waals surface area contributed by atoms with E-state index in [4.69, 9.17) is 4.52 Å². The highest BCUT2D eigenvalue weighted by Crippen LogP contribution is 2.33. The molecule has 1 aromatic heterocycles. The minimum absolute atomic E-state index is 0.394. The third kappa shape index (κ3) is 2.29. The Morgan fingerprint density at radius 1 is 1.05 bits per heavy atom. The molecule has 3 aromatic rings. The summed E-state index contributed by atoms with van der Waals surface area (Å²) in [6.07, 6.45) is 0.768.